The number of fused-ring (bicyclic) bond motifs is 1. The monoisotopic (exact) mass is 432 g/mol. The van der Waals surface area contributed by atoms with Crippen LogP contribution in [0.2, 0.25) is 0 Å². The molecule has 0 aliphatic heterocycles. The van der Waals surface area contributed by atoms with E-state index in [1.54, 1.807) is 42.7 Å². The van der Waals surface area contributed by atoms with Gasteiger partial charge < -0.3 is 20.8 Å². The van der Waals surface area contributed by atoms with E-state index < -0.39 is 11.6 Å². The second-order valence-electron chi connectivity index (χ2n) is 6.61. The van der Waals surface area contributed by atoms with Crippen molar-refractivity contribution in [1.29, 1.82) is 0 Å². The molecule has 5 aromatic rings. The Labute approximate surface area is 179 Å². The van der Waals surface area contributed by atoms with Crippen molar-refractivity contribution in [2.45, 2.75) is 0 Å². The molecular formula is C21H14F2N8O. The number of aromatic nitrogens is 6. The van der Waals surface area contributed by atoms with E-state index >= 15 is 0 Å². The maximum Gasteiger partial charge on any atom is 0.230 e. The van der Waals surface area contributed by atoms with Crippen molar-refractivity contribution in [3.8, 4) is 23.0 Å². The number of nitrogens with two attached hydrogens (primary N) is 1. The molecule has 9 nitrogen and oxygen atoms in total. The third kappa shape index (κ3) is 3.74. The van der Waals surface area contributed by atoms with E-state index in [1.807, 2.05) is 0 Å². The number of anilines is 3. The number of aromatic amines is 1. The molecule has 0 aliphatic carbocycles. The molecule has 0 atom stereocenters. The van der Waals surface area contributed by atoms with E-state index in [-0.39, 0.29) is 23.3 Å². The number of H-pyrrole nitrogens is 1. The van der Waals surface area contributed by atoms with Crippen LogP contribution < -0.4 is 15.8 Å². The molecule has 0 saturated heterocycles. The second-order valence-corrected chi connectivity index (χ2v) is 6.61. The van der Waals surface area contributed by atoms with Gasteiger partial charge in [0.05, 0.1) is 28.7 Å². The van der Waals surface area contributed by atoms with Gasteiger partial charge in [0.2, 0.25) is 23.7 Å². The summed E-state index contributed by atoms with van der Waals surface area (Å²) in [5.74, 6) is -0.966. The van der Waals surface area contributed by atoms with Gasteiger partial charge in [-0.1, -0.05) is 0 Å². The minimum atomic E-state index is -0.985. The van der Waals surface area contributed by atoms with Gasteiger partial charge in [-0.05, 0) is 36.4 Å². The number of pyridine rings is 2. The summed E-state index contributed by atoms with van der Waals surface area (Å²) >= 11 is 0. The Morgan fingerprint density at radius 2 is 1.84 bits per heavy atom. The van der Waals surface area contributed by atoms with E-state index in [4.69, 9.17) is 10.5 Å². The van der Waals surface area contributed by atoms with Crippen LogP contribution in [0.1, 0.15) is 0 Å². The maximum atomic E-state index is 13.9. The van der Waals surface area contributed by atoms with Crippen LogP contribution >= 0.6 is 0 Å². The van der Waals surface area contributed by atoms with E-state index in [0.717, 1.165) is 6.07 Å². The molecule has 0 unspecified atom stereocenters. The number of hydrogen-bond donors (Lipinski definition) is 3. The lowest BCUT2D eigenvalue weighted by atomic mass is 10.2. The third-order valence-electron chi connectivity index (χ3n) is 4.47. The van der Waals surface area contributed by atoms with Crippen LogP contribution in [0.4, 0.5) is 26.4 Å². The standard InChI is InChI=1S/C21H14F2N8O/c22-13-4-5-15-18(17(13)23)31-21(30-15)28-11-3-6-16(27-10-11)32-19-12(2-1-8-25-19)14-7-9-26-20(24)29-14/h1-10H,(H2,24,26,29)(H2,28,30,31). The first-order valence-electron chi connectivity index (χ1n) is 9.35. The summed E-state index contributed by atoms with van der Waals surface area (Å²) in [5.41, 5.74) is 7.69. The molecule has 4 N–H and O–H groups in total. The van der Waals surface area contributed by atoms with Crippen LogP contribution in [-0.4, -0.2) is 29.9 Å². The predicted molar refractivity (Wildman–Crippen MR) is 113 cm³/mol. The Morgan fingerprint density at radius 3 is 2.66 bits per heavy atom. The summed E-state index contributed by atoms with van der Waals surface area (Å²) < 4.78 is 33.1. The Kier molecular flexibility index (Phi) is 4.75. The third-order valence-corrected chi connectivity index (χ3v) is 4.47. The van der Waals surface area contributed by atoms with E-state index in [0.29, 0.717) is 28.3 Å². The highest BCUT2D eigenvalue weighted by molar-refractivity contribution is 5.79. The van der Waals surface area contributed by atoms with Crippen molar-refractivity contribution in [2.24, 2.45) is 0 Å². The fraction of sp³-hybridized carbons (Fsp3) is 0. The molecule has 0 amide bonds. The smallest absolute Gasteiger partial charge is 0.230 e. The topological polar surface area (TPSA) is 128 Å². The fourth-order valence-electron chi connectivity index (χ4n) is 3.02. The SMILES string of the molecule is Nc1nccc(-c2cccnc2Oc2ccc(Nc3nc4ccc(F)c(F)c4[nH]3)cn2)n1. The van der Waals surface area contributed by atoms with Gasteiger partial charge in [-0.3, -0.25) is 0 Å². The van der Waals surface area contributed by atoms with Crippen molar-refractivity contribution in [3.63, 3.8) is 0 Å². The number of rotatable bonds is 5. The Balaban J connectivity index is 1.36. The van der Waals surface area contributed by atoms with E-state index in [1.165, 1.54) is 12.3 Å². The maximum absolute atomic E-state index is 13.9. The minimum Gasteiger partial charge on any atom is -0.420 e. The molecule has 1 aromatic carbocycles. The van der Waals surface area contributed by atoms with E-state index in [2.05, 4.69) is 35.2 Å². The van der Waals surface area contributed by atoms with Crippen molar-refractivity contribution < 1.29 is 13.5 Å². The summed E-state index contributed by atoms with van der Waals surface area (Å²) in [6.07, 6.45) is 4.64. The van der Waals surface area contributed by atoms with Crippen molar-refractivity contribution in [2.75, 3.05) is 11.1 Å². The molecule has 0 fully saturated rings. The minimum absolute atomic E-state index is 0.0200. The Hall–Kier alpha value is -4.67. The zero-order valence-corrected chi connectivity index (χ0v) is 16.3. The predicted octanol–water partition coefficient (Wildman–Crippen LogP) is 4.21. The molecule has 4 aromatic heterocycles. The van der Waals surface area contributed by atoms with Gasteiger partial charge in [0.1, 0.15) is 5.52 Å². The first-order valence-corrected chi connectivity index (χ1v) is 9.35. The lowest BCUT2D eigenvalue weighted by Crippen LogP contribution is -1.98. The quantitative estimate of drug-likeness (QED) is 0.377. The summed E-state index contributed by atoms with van der Waals surface area (Å²) in [6, 6.07) is 11.0. The normalized spacial score (nSPS) is 10.9. The van der Waals surface area contributed by atoms with Gasteiger partial charge in [-0.2, -0.15) is 0 Å². The number of nitrogens with one attached hydrogen (secondary N) is 2. The molecule has 0 saturated carbocycles. The number of ether oxygens (including phenoxy) is 1. The lowest BCUT2D eigenvalue weighted by Gasteiger charge is -2.09. The zero-order chi connectivity index (χ0) is 22.1. The molecule has 158 valence electrons. The van der Waals surface area contributed by atoms with Crippen LogP contribution in [0.25, 0.3) is 22.3 Å². The Morgan fingerprint density at radius 1 is 0.938 bits per heavy atom. The van der Waals surface area contributed by atoms with Gasteiger partial charge in [0.25, 0.3) is 0 Å². The van der Waals surface area contributed by atoms with Crippen LogP contribution in [0.3, 0.4) is 0 Å². The molecule has 0 bridgehead atoms. The summed E-state index contributed by atoms with van der Waals surface area (Å²) in [4.78, 5) is 23.5. The molecule has 0 radical (unpaired) electrons. The second kappa shape index (κ2) is 7.87. The molecule has 4 heterocycles. The van der Waals surface area contributed by atoms with Crippen LogP contribution in [0.15, 0.2) is 61.1 Å². The number of hydrogen-bond acceptors (Lipinski definition) is 8. The molecule has 0 aliphatic rings. The lowest BCUT2D eigenvalue weighted by molar-refractivity contribution is 0.446. The van der Waals surface area contributed by atoms with Crippen LogP contribution in [0, 0.1) is 11.6 Å². The van der Waals surface area contributed by atoms with Gasteiger partial charge >= 0.3 is 0 Å². The average Bonchev–Trinajstić information content (AvgIpc) is 3.21. The number of nitrogen functional groups attached to an aromatic ring is 1. The first-order chi connectivity index (χ1) is 15.6. The van der Waals surface area contributed by atoms with Gasteiger partial charge in [-0.25, -0.2) is 33.7 Å². The van der Waals surface area contributed by atoms with E-state index in [9.17, 15) is 8.78 Å². The highest BCUT2D eigenvalue weighted by atomic mass is 19.2. The van der Waals surface area contributed by atoms with Crippen molar-refractivity contribution in [3.05, 3.63) is 72.7 Å². The molecule has 0 spiro atoms. The molecule has 32 heavy (non-hydrogen) atoms. The number of benzene rings is 1. The van der Waals surface area contributed by atoms with Crippen molar-refractivity contribution in [1.82, 2.24) is 29.9 Å². The number of halogens is 2. The summed E-state index contributed by atoms with van der Waals surface area (Å²) in [6.45, 7) is 0. The fourth-order valence-corrected chi connectivity index (χ4v) is 3.02. The Bertz CT molecular complexity index is 1420. The first kappa shape index (κ1) is 19.3. The largest absolute Gasteiger partial charge is 0.420 e. The number of nitrogens with zero attached hydrogens (tertiary/aromatic N) is 5. The summed E-state index contributed by atoms with van der Waals surface area (Å²) in [7, 11) is 0. The molecule has 11 heteroatoms. The molecule has 5 rings (SSSR count). The zero-order valence-electron chi connectivity index (χ0n) is 16.3. The number of imidazole rings is 1. The van der Waals surface area contributed by atoms with Crippen LogP contribution in [0.5, 0.6) is 11.8 Å². The van der Waals surface area contributed by atoms with Crippen LogP contribution in [-0.2, 0) is 0 Å². The van der Waals surface area contributed by atoms with Gasteiger partial charge in [0, 0.05) is 18.5 Å². The average molecular weight is 432 g/mol. The molecular weight excluding hydrogens is 418 g/mol. The van der Waals surface area contributed by atoms with Crippen molar-refractivity contribution >= 4 is 28.6 Å². The highest BCUT2D eigenvalue weighted by Crippen LogP contribution is 2.30. The van der Waals surface area contributed by atoms with Gasteiger partial charge in [0.15, 0.2) is 11.6 Å². The highest BCUT2D eigenvalue weighted by Gasteiger charge is 2.13. The summed E-state index contributed by atoms with van der Waals surface area (Å²) in [5, 5.41) is 2.95. The van der Waals surface area contributed by atoms with Gasteiger partial charge in [-0.15, -0.1) is 0 Å².